The number of rotatable bonds is 5. The summed E-state index contributed by atoms with van der Waals surface area (Å²) in [6, 6.07) is 15.3. The Bertz CT molecular complexity index is 888. The Kier molecular flexibility index (Phi) is 5.09. The van der Waals surface area contributed by atoms with E-state index in [9.17, 15) is 4.79 Å². The van der Waals surface area contributed by atoms with Crippen molar-refractivity contribution in [3.8, 4) is 0 Å². The minimum atomic E-state index is -0.128. The Morgan fingerprint density at radius 1 is 1.16 bits per heavy atom. The molecule has 0 saturated carbocycles. The third-order valence-electron chi connectivity index (χ3n) is 3.74. The lowest BCUT2D eigenvalue weighted by molar-refractivity contribution is 0.102. The molecule has 1 heterocycles. The molecule has 5 nitrogen and oxygen atoms in total. The monoisotopic (exact) mass is 352 g/mol. The van der Waals surface area contributed by atoms with Crippen LogP contribution in [-0.2, 0) is 7.05 Å². The molecule has 0 aliphatic heterocycles. The van der Waals surface area contributed by atoms with E-state index in [1.54, 1.807) is 6.20 Å². The molecule has 0 bridgehead atoms. The Balaban J connectivity index is 1.82. The van der Waals surface area contributed by atoms with E-state index in [0.29, 0.717) is 5.56 Å². The first-order chi connectivity index (χ1) is 12.0. The first-order valence-electron chi connectivity index (χ1n) is 7.87. The summed E-state index contributed by atoms with van der Waals surface area (Å²) in [4.78, 5) is 19.9. The van der Waals surface area contributed by atoms with Crippen molar-refractivity contribution in [1.82, 2.24) is 9.55 Å². The van der Waals surface area contributed by atoms with Crippen LogP contribution in [0.1, 0.15) is 10.4 Å². The minimum Gasteiger partial charge on any atom is -0.378 e. The number of imidazole rings is 1. The third kappa shape index (κ3) is 4.03. The van der Waals surface area contributed by atoms with Crippen LogP contribution in [0, 0.1) is 0 Å². The smallest absolute Gasteiger partial charge is 0.255 e. The van der Waals surface area contributed by atoms with Gasteiger partial charge in [-0.3, -0.25) is 4.79 Å². The maximum atomic E-state index is 12.7. The van der Waals surface area contributed by atoms with Crippen LogP contribution in [0.25, 0.3) is 0 Å². The van der Waals surface area contributed by atoms with Gasteiger partial charge in [0.25, 0.3) is 5.91 Å². The molecule has 0 fully saturated rings. The standard InChI is InChI=1S/C19H20N4OS/c1-22(2)15-8-6-7-14(13-15)18(24)21-16-9-4-5-10-17(16)25-19-20-11-12-23(19)3/h4-13H,1-3H3,(H,21,24). The Hall–Kier alpha value is -2.73. The van der Waals surface area contributed by atoms with Crippen molar-refractivity contribution in [3.63, 3.8) is 0 Å². The zero-order chi connectivity index (χ0) is 17.8. The molecule has 1 aromatic heterocycles. The van der Waals surface area contributed by atoms with Gasteiger partial charge in [-0.2, -0.15) is 0 Å². The van der Waals surface area contributed by atoms with Gasteiger partial charge in [-0.1, -0.05) is 18.2 Å². The lowest BCUT2D eigenvalue weighted by atomic mass is 10.1. The average Bonchev–Trinajstić information content (AvgIpc) is 3.01. The van der Waals surface area contributed by atoms with Gasteiger partial charge in [0.05, 0.1) is 5.69 Å². The third-order valence-corrected chi connectivity index (χ3v) is 4.89. The lowest BCUT2D eigenvalue weighted by Gasteiger charge is -2.14. The number of aromatic nitrogens is 2. The zero-order valence-corrected chi connectivity index (χ0v) is 15.2. The van der Waals surface area contributed by atoms with Crippen LogP contribution in [0.5, 0.6) is 0 Å². The lowest BCUT2D eigenvalue weighted by Crippen LogP contribution is -2.14. The summed E-state index contributed by atoms with van der Waals surface area (Å²) in [7, 11) is 5.86. The number of nitrogens with zero attached hydrogens (tertiary/aromatic N) is 3. The van der Waals surface area contributed by atoms with E-state index in [4.69, 9.17) is 0 Å². The van der Waals surface area contributed by atoms with E-state index in [-0.39, 0.29) is 5.91 Å². The fourth-order valence-corrected chi connectivity index (χ4v) is 3.22. The van der Waals surface area contributed by atoms with Gasteiger partial charge in [0.15, 0.2) is 5.16 Å². The summed E-state index contributed by atoms with van der Waals surface area (Å²) in [5.74, 6) is -0.128. The van der Waals surface area contributed by atoms with Gasteiger partial charge in [0, 0.05) is 49.7 Å². The second kappa shape index (κ2) is 7.44. The van der Waals surface area contributed by atoms with Crippen molar-refractivity contribution in [3.05, 3.63) is 66.5 Å². The van der Waals surface area contributed by atoms with Crippen LogP contribution >= 0.6 is 11.8 Å². The molecule has 3 aromatic rings. The Labute approximate surface area is 151 Å². The number of nitrogens with one attached hydrogen (secondary N) is 1. The summed E-state index contributed by atoms with van der Waals surface area (Å²) >= 11 is 1.52. The first-order valence-corrected chi connectivity index (χ1v) is 8.69. The summed E-state index contributed by atoms with van der Waals surface area (Å²) < 4.78 is 1.95. The highest BCUT2D eigenvalue weighted by Crippen LogP contribution is 2.32. The number of anilines is 2. The Morgan fingerprint density at radius 2 is 1.96 bits per heavy atom. The number of benzene rings is 2. The number of hydrogen-bond acceptors (Lipinski definition) is 4. The molecule has 2 aromatic carbocycles. The maximum Gasteiger partial charge on any atom is 0.255 e. The van der Waals surface area contributed by atoms with E-state index in [1.165, 1.54) is 11.8 Å². The molecule has 6 heteroatoms. The van der Waals surface area contributed by atoms with Gasteiger partial charge in [0.1, 0.15) is 0 Å². The SMILES string of the molecule is CN(C)c1cccc(C(=O)Nc2ccccc2Sc2nccn2C)c1. The molecule has 128 valence electrons. The molecule has 0 radical (unpaired) electrons. The number of hydrogen-bond donors (Lipinski definition) is 1. The number of para-hydroxylation sites is 1. The quantitative estimate of drug-likeness (QED) is 0.757. The van der Waals surface area contributed by atoms with Gasteiger partial charge < -0.3 is 14.8 Å². The molecule has 3 rings (SSSR count). The van der Waals surface area contributed by atoms with Crippen molar-refractivity contribution >= 4 is 29.0 Å². The molecule has 0 unspecified atom stereocenters. The molecule has 1 amide bonds. The number of aryl methyl sites for hydroxylation is 1. The predicted molar refractivity (Wildman–Crippen MR) is 102 cm³/mol. The molecule has 0 spiro atoms. The van der Waals surface area contributed by atoms with E-state index >= 15 is 0 Å². The second-order valence-corrected chi connectivity index (χ2v) is 6.83. The van der Waals surface area contributed by atoms with Crippen LogP contribution in [-0.4, -0.2) is 29.6 Å². The largest absolute Gasteiger partial charge is 0.378 e. The topological polar surface area (TPSA) is 50.2 Å². The molecule has 0 aliphatic carbocycles. The van der Waals surface area contributed by atoms with Crippen molar-refractivity contribution in [2.45, 2.75) is 10.1 Å². The fraction of sp³-hybridized carbons (Fsp3) is 0.158. The molecule has 0 saturated heterocycles. The highest BCUT2D eigenvalue weighted by atomic mass is 32.2. The highest BCUT2D eigenvalue weighted by Gasteiger charge is 2.12. The van der Waals surface area contributed by atoms with Crippen LogP contribution in [0.4, 0.5) is 11.4 Å². The van der Waals surface area contributed by atoms with Gasteiger partial charge >= 0.3 is 0 Å². The van der Waals surface area contributed by atoms with E-state index < -0.39 is 0 Å². The number of carbonyl (C=O) groups excluding carboxylic acids is 1. The molecular weight excluding hydrogens is 332 g/mol. The highest BCUT2D eigenvalue weighted by molar-refractivity contribution is 7.99. The summed E-state index contributed by atoms with van der Waals surface area (Å²) in [5.41, 5.74) is 2.39. The fourth-order valence-electron chi connectivity index (χ4n) is 2.33. The molecule has 25 heavy (non-hydrogen) atoms. The van der Waals surface area contributed by atoms with Crippen LogP contribution in [0.15, 0.2) is 71.0 Å². The second-order valence-electron chi connectivity index (χ2n) is 5.82. The zero-order valence-electron chi connectivity index (χ0n) is 14.4. The van der Waals surface area contributed by atoms with Crippen molar-refractivity contribution in [1.29, 1.82) is 0 Å². The van der Waals surface area contributed by atoms with Crippen LogP contribution < -0.4 is 10.2 Å². The maximum absolute atomic E-state index is 12.7. The minimum absolute atomic E-state index is 0.128. The molecule has 0 atom stereocenters. The van der Waals surface area contributed by atoms with Gasteiger partial charge in [0.2, 0.25) is 0 Å². The molecule has 1 N–H and O–H groups in total. The number of carbonyl (C=O) groups is 1. The van der Waals surface area contributed by atoms with Crippen LogP contribution in [0.2, 0.25) is 0 Å². The first kappa shape index (κ1) is 17.1. The summed E-state index contributed by atoms with van der Waals surface area (Å²) in [6.07, 6.45) is 3.66. The number of amides is 1. The predicted octanol–water partition coefficient (Wildman–Crippen LogP) is 3.89. The van der Waals surface area contributed by atoms with E-state index in [1.807, 2.05) is 85.3 Å². The van der Waals surface area contributed by atoms with Gasteiger partial charge in [-0.25, -0.2) is 4.98 Å². The van der Waals surface area contributed by atoms with Crippen molar-refractivity contribution in [2.24, 2.45) is 7.05 Å². The van der Waals surface area contributed by atoms with E-state index in [2.05, 4.69) is 10.3 Å². The normalized spacial score (nSPS) is 10.5. The molecular formula is C19H20N4OS. The van der Waals surface area contributed by atoms with Crippen LogP contribution in [0.3, 0.4) is 0 Å². The summed E-state index contributed by atoms with van der Waals surface area (Å²) in [6.45, 7) is 0. The average molecular weight is 352 g/mol. The Morgan fingerprint density at radius 3 is 2.68 bits per heavy atom. The van der Waals surface area contributed by atoms with E-state index in [0.717, 1.165) is 21.4 Å². The van der Waals surface area contributed by atoms with Gasteiger partial charge in [-0.05, 0) is 42.1 Å². The van der Waals surface area contributed by atoms with Crippen molar-refractivity contribution in [2.75, 3.05) is 24.3 Å². The van der Waals surface area contributed by atoms with Gasteiger partial charge in [-0.15, -0.1) is 0 Å². The van der Waals surface area contributed by atoms with Crippen molar-refractivity contribution < 1.29 is 4.79 Å². The summed E-state index contributed by atoms with van der Waals surface area (Å²) in [5, 5.41) is 3.88. The molecule has 0 aliphatic rings.